The van der Waals surface area contributed by atoms with Crippen LogP contribution in [-0.2, 0) is 14.3 Å². The van der Waals surface area contributed by atoms with Gasteiger partial charge in [0.1, 0.15) is 5.54 Å². The predicted octanol–water partition coefficient (Wildman–Crippen LogP) is 0.681. The van der Waals surface area contributed by atoms with Gasteiger partial charge in [0.05, 0.1) is 18.8 Å². The summed E-state index contributed by atoms with van der Waals surface area (Å²) >= 11 is 0. The van der Waals surface area contributed by atoms with E-state index in [0.717, 1.165) is 25.7 Å². The summed E-state index contributed by atoms with van der Waals surface area (Å²) in [6, 6.07) is 0. The lowest BCUT2D eigenvalue weighted by Gasteiger charge is -2.40. The molecule has 5 heteroatoms. The summed E-state index contributed by atoms with van der Waals surface area (Å²) in [6.07, 6.45) is 4.45. The molecular weight excluding hydrogens is 244 g/mol. The first-order valence-electron chi connectivity index (χ1n) is 7.25. The van der Waals surface area contributed by atoms with Crippen molar-refractivity contribution >= 4 is 11.8 Å². The molecule has 0 aromatic heterocycles. The van der Waals surface area contributed by atoms with Crippen LogP contribution in [-0.4, -0.2) is 47.6 Å². The van der Waals surface area contributed by atoms with Crippen LogP contribution in [0.2, 0.25) is 0 Å². The molecule has 2 amide bonds. The predicted molar refractivity (Wildman–Crippen MR) is 69.4 cm³/mol. The molecule has 3 aliphatic rings. The second kappa shape index (κ2) is 4.47. The molecule has 0 aromatic carbocycles. The minimum atomic E-state index is -0.681. The number of nitrogens with zero attached hydrogens (tertiary/aromatic N) is 1. The van der Waals surface area contributed by atoms with E-state index in [4.69, 9.17) is 4.74 Å². The van der Waals surface area contributed by atoms with Gasteiger partial charge in [0.15, 0.2) is 0 Å². The van der Waals surface area contributed by atoms with Crippen molar-refractivity contribution in [2.45, 2.75) is 57.3 Å². The summed E-state index contributed by atoms with van der Waals surface area (Å²) in [5.74, 6) is 0.341. The average molecular weight is 266 g/mol. The van der Waals surface area contributed by atoms with Gasteiger partial charge >= 0.3 is 0 Å². The number of ether oxygens (including phenoxy) is 1. The molecule has 0 spiro atoms. The smallest absolute Gasteiger partial charge is 0.248 e. The standard InChI is InChI=1S/C14H22N2O3/c1-9-3-6-11(19-9)7-16-8-12(17)15-14(2,13(16)18)10-4-5-10/h9-11H,3-8H2,1-2H3,(H,15,17). The highest BCUT2D eigenvalue weighted by atomic mass is 16.5. The molecule has 19 heavy (non-hydrogen) atoms. The third-order valence-corrected chi connectivity index (χ3v) is 4.60. The summed E-state index contributed by atoms with van der Waals surface area (Å²) in [5.41, 5.74) is -0.681. The van der Waals surface area contributed by atoms with E-state index in [2.05, 4.69) is 12.2 Å². The zero-order chi connectivity index (χ0) is 13.6. The lowest BCUT2D eigenvalue weighted by molar-refractivity contribution is -0.151. The fourth-order valence-electron chi connectivity index (χ4n) is 3.31. The number of rotatable bonds is 3. The summed E-state index contributed by atoms with van der Waals surface area (Å²) in [5, 5.41) is 2.90. The van der Waals surface area contributed by atoms with E-state index >= 15 is 0 Å². The Morgan fingerprint density at radius 2 is 2.05 bits per heavy atom. The SMILES string of the molecule is CC1CCC(CN2CC(=O)NC(C)(C3CC3)C2=O)O1. The van der Waals surface area contributed by atoms with Gasteiger partial charge < -0.3 is 15.0 Å². The molecule has 2 saturated heterocycles. The molecule has 0 radical (unpaired) electrons. The Labute approximate surface area is 113 Å². The zero-order valence-corrected chi connectivity index (χ0v) is 11.6. The quantitative estimate of drug-likeness (QED) is 0.817. The number of carbonyl (C=O) groups is 2. The Morgan fingerprint density at radius 1 is 1.32 bits per heavy atom. The molecule has 1 saturated carbocycles. The lowest BCUT2D eigenvalue weighted by atomic mass is 9.91. The fraction of sp³-hybridized carbons (Fsp3) is 0.857. The number of nitrogens with one attached hydrogen (secondary N) is 1. The van der Waals surface area contributed by atoms with Crippen LogP contribution in [0.25, 0.3) is 0 Å². The molecule has 106 valence electrons. The Hall–Kier alpha value is -1.10. The normalized spacial score (nSPS) is 39.6. The molecule has 0 bridgehead atoms. The van der Waals surface area contributed by atoms with Crippen LogP contribution in [0.4, 0.5) is 0 Å². The number of hydrogen-bond acceptors (Lipinski definition) is 3. The van der Waals surface area contributed by atoms with Crippen molar-refractivity contribution in [3.63, 3.8) is 0 Å². The maximum Gasteiger partial charge on any atom is 0.248 e. The third-order valence-electron chi connectivity index (χ3n) is 4.60. The molecule has 5 nitrogen and oxygen atoms in total. The first-order valence-corrected chi connectivity index (χ1v) is 7.25. The lowest BCUT2D eigenvalue weighted by Crippen LogP contribution is -2.67. The van der Waals surface area contributed by atoms with Crippen LogP contribution in [0.15, 0.2) is 0 Å². The minimum Gasteiger partial charge on any atom is -0.373 e. The topological polar surface area (TPSA) is 58.6 Å². The molecule has 3 unspecified atom stereocenters. The van der Waals surface area contributed by atoms with E-state index in [1.807, 2.05) is 6.92 Å². The van der Waals surface area contributed by atoms with Crippen LogP contribution in [0, 0.1) is 5.92 Å². The van der Waals surface area contributed by atoms with Crippen LogP contribution < -0.4 is 5.32 Å². The Morgan fingerprint density at radius 3 is 2.63 bits per heavy atom. The van der Waals surface area contributed by atoms with Crippen molar-refractivity contribution in [3.05, 3.63) is 0 Å². The summed E-state index contributed by atoms with van der Waals surface area (Å²) in [7, 11) is 0. The second-order valence-corrected chi connectivity index (χ2v) is 6.36. The Kier molecular flexibility index (Phi) is 3.04. The zero-order valence-electron chi connectivity index (χ0n) is 11.6. The molecule has 1 N–H and O–H groups in total. The second-order valence-electron chi connectivity index (χ2n) is 6.36. The van der Waals surface area contributed by atoms with Gasteiger partial charge in [-0.05, 0) is 45.4 Å². The molecule has 2 heterocycles. The largest absolute Gasteiger partial charge is 0.373 e. The van der Waals surface area contributed by atoms with Crippen LogP contribution in [0.3, 0.4) is 0 Å². The first kappa shape index (κ1) is 12.9. The Balaban J connectivity index is 1.70. The van der Waals surface area contributed by atoms with Crippen LogP contribution in [0.5, 0.6) is 0 Å². The van der Waals surface area contributed by atoms with Crippen molar-refractivity contribution < 1.29 is 14.3 Å². The highest BCUT2D eigenvalue weighted by Crippen LogP contribution is 2.41. The number of amides is 2. The molecule has 2 aliphatic heterocycles. The summed E-state index contributed by atoms with van der Waals surface area (Å²) < 4.78 is 5.77. The van der Waals surface area contributed by atoms with E-state index in [0.29, 0.717) is 12.5 Å². The maximum absolute atomic E-state index is 12.6. The molecule has 3 fully saturated rings. The van der Waals surface area contributed by atoms with Crippen LogP contribution >= 0.6 is 0 Å². The molecular formula is C14H22N2O3. The van der Waals surface area contributed by atoms with Gasteiger partial charge in [-0.15, -0.1) is 0 Å². The number of carbonyl (C=O) groups excluding carboxylic acids is 2. The number of piperazine rings is 1. The van der Waals surface area contributed by atoms with Crippen molar-refractivity contribution in [1.29, 1.82) is 0 Å². The van der Waals surface area contributed by atoms with Crippen molar-refractivity contribution in [2.24, 2.45) is 5.92 Å². The van der Waals surface area contributed by atoms with Gasteiger partial charge in [0.2, 0.25) is 11.8 Å². The first-order chi connectivity index (χ1) is 8.99. The van der Waals surface area contributed by atoms with Crippen molar-refractivity contribution in [2.75, 3.05) is 13.1 Å². The maximum atomic E-state index is 12.6. The minimum absolute atomic E-state index is 0.0416. The fourth-order valence-corrected chi connectivity index (χ4v) is 3.31. The number of hydrogen-bond donors (Lipinski definition) is 1. The van der Waals surface area contributed by atoms with Gasteiger partial charge in [-0.3, -0.25) is 9.59 Å². The summed E-state index contributed by atoms with van der Waals surface area (Å²) in [4.78, 5) is 26.2. The van der Waals surface area contributed by atoms with Gasteiger partial charge in [0, 0.05) is 6.54 Å². The monoisotopic (exact) mass is 266 g/mol. The van der Waals surface area contributed by atoms with E-state index < -0.39 is 5.54 Å². The van der Waals surface area contributed by atoms with E-state index in [1.54, 1.807) is 4.90 Å². The van der Waals surface area contributed by atoms with Crippen molar-refractivity contribution in [3.8, 4) is 0 Å². The Bertz CT molecular complexity index is 407. The third kappa shape index (κ3) is 2.36. The molecule has 3 atom stereocenters. The van der Waals surface area contributed by atoms with Crippen LogP contribution in [0.1, 0.15) is 39.5 Å². The summed E-state index contributed by atoms with van der Waals surface area (Å²) in [6.45, 7) is 4.66. The highest BCUT2D eigenvalue weighted by Gasteiger charge is 2.52. The molecule has 1 aliphatic carbocycles. The van der Waals surface area contributed by atoms with E-state index in [1.165, 1.54) is 0 Å². The molecule has 3 rings (SSSR count). The molecule has 0 aromatic rings. The van der Waals surface area contributed by atoms with Gasteiger partial charge in [-0.2, -0.15) is 0 Å². The van der Waals surface area contributed by atoms with Gasteiger partial charge in [-0.1, -0.05) is 0 Å². The van der Waals surface area contributed by atoms with E-state index in [9.17, 15) is 9.59 Å². The van der Waals surface area contributed by atoms with Gasteiger partial charge in [0.25, 0.3) is 0 Å². The average Bonchev–Trinajstić information content (AvgIpc) is 3.11. The van der Waals surface area contributed by atoms with Gasteiger partial charge in [-0.25, -0.2) is 0 Å². The highest BCUT2D eigenvalue weighted by molar-refractivity contribution is 5.98. The van der Waals surface area contributed by atoms with Crippen molar-refractivity contribution in [1.82, 2.24) is 10.2 Å². The van der Waals surface area contributed by atoms with E-state index in [-0.39, 0.29) is 30.6 Å².